The summed E-state index contributed by atoms with van der Waals surface area (Å²) >= 11 is 0. The first kappa shape index (κ1) is 31.2. The number of aliphatic hydroxyl groups is 4. The number of carbonyl (C=O) groups is 1. The Kier molecular flexibility index (Phi) is 11.5. The zero-order chi connectivity index (χ0) is 29.9. The van der Waals surface area contributed by atoms with Gasteiger partial charge in [-0.25, -0.2) is 4.79 Å². The first-order chi connectivity index (χ1) is 20.5. The van der Waals surface area contributed by atoms with Gasteiger partial charge in [-0.15, -0.1) is 0 Å². The van der Waals surface area contributed by atoms with Crippen LogP contribution in [0.2, 0.25) is 0 Å². The molecule has 12 nitrogen and oxygen atoms in total. The maximum atomic E-state index is 13.4. The molecule has 0 aromatic heterocycles. The van der Waals surface area contributed by atoms with Crippen molar-refractivity contribution in [3.05, 3.63) is 46.5 Å². The SMILES string of the molecule is CN1CCN(C(=O)OC2Cc3cc(OCCO)c(OCCO)cc3C#Cc3cc(OCCO)c(OCCO)cc32)CC1. The van der Waals surface area contributed by atoms with Gasteiger partial charge in [0.25, 0.3) is 0 Å². The second-order valence-electron chi connectivity index (χ2n) is 9.75. The number of piperazine rings is 1. The second kappa shape index (κ2) is 15.5. The molecular weight excluding hydrogens is 548 g/mol. The minimum atomic E-state index is -0.779. The zero-order valence-electron chi connectivity index (χ0n) is 23.7. The van der Waals surface area contributed by atoms with E-state index >= 15 is 0 Å². The summed E-state index contributed by atoms with van der Waals surface area (Å²) in [6, 6.07) is 6.82. The molecule has 2 aromatic rings. The lowest BCUT2D eigenvalue weighted by Crippen LogP contribution is -2.47. The average molecular weight is 587 g/mol. The number of benzene rings is 2. The van der Waals surface area contributed by atoms with Crippen LogP contribution in [0.5, 0.6) is 23.0 Å². The van der Waals surface area contributed by atoms with Crippen LogP contribution in [-0.4, -0.2) is 122 Å². The predicted molar refractivity (Wildman–Crippen MR) is 151 cm³/mol. The largest absolute Gasteiger partial charge is 0.487 e. The van der Waals surface area contributed by atoms with Crippen molar-refractivity contribution >= 4 is 6.09 Å². The van der Waals surface area contributed by atoms with E-state index in [4.69, 9.17) is 23.7 Å². The molecule has 1 aliphatic carbocycles. The number of ether oxygens (including phenoxy) is 5. The van der Waals surface area contributed by atoms with E-state index in [-0.39, 0.29) is 59.3 Å². The number of hydrogen-bond donors (Lipinski definition) is 4. The molecule has 1 unspecified atom stereocenters. The lowest BCUT2D eigenvalue weighted by atomic mass is 9.91. The standard InChI is InChI=1S/C30H38N2O10/c1-31-4-6-32(7-5-31)30(37)42-25-18-23-19-28(40-14-10-35)26(38-12-8-33)16-21(23)2-3-22-17-27(39-13-9-34)29(20-24(22)25)41-15-11-36/h16-17,19-20,25,33-36H,4-15,18H2,1H3. The third kappa shape index (κ3) is 7.96. The topological polar surface area (TPSA) is 151 Å². The number of carbonyl (C=O) groups excluding carboxylic acids is 1. The lowest BCUT2D eigenvalue weighted by molar-refractivity contribution is 0.0485. The van der Waals surface area contributed by atoms with Gasteiger partial charge < -0.3 is 53.9 Å². The molecule has 2 aliphatic rings. The van der Waals surface area contributed by atoms with E-state index in [0.29, 0.717) is 52.8 Å². The normalized spacial score (nSPS) is 16.2. The van der Waals surface area contributed by atoms with Crippen molar-refractivity contribution in [2.45, 2.75) is 12.5 Å². The summed E-state index contributed by atoms with van der Waals surface area (Å²) < 4.78 is 29.0. The molecule has 1 heterocycles. The van der Waals surface area contributed by atoms with Gasteiger partial charge in [0, 0.05) is 55.4 Å². The van der Waals surface area contributed by atoms with Crippen LogP contribution in [0.15, 0.2) is 24.3 Å². The number of amides is 1. The molecule has 0 radical (unpaired) electrons. The van der Waals surface area contributed by atoms with Gasteiger partial charge in [-0.1, -0.05) is 11.8 Å². The molecule has 228 valence electrons. The van der Waals surface area contributed by atoms with E-state index in [1.807, 2.05) is 7.05 Å². The van der Waals surface area contributed by atoms with E-state index in [1.165, 1.54) is 0 Å². The Labute approximate surface area is 244 Å². The van der Waals surface area contributed by atoms with Gasteiger partial charge in [-0.2, -0.15) is 0 Å². The van der Waals surface area contributed by atoms with E-state index < -0.39 is 12.2 Å². The summed E-state index contributed by atoms with van der Waals surface area (Å²) in [5, 5.41) is 37.3. The van der Waals surface area contributed by atoms with Gasteiger partial charge in [0.2, 0.25) is 0 Å². The van der Waals surface area contributed by atoms with Gasteiger partial charge in [0.15, 0.2) is 23.0 Å². The number of rotatable bonds is 13. The van der Waals surface area contributed by atoms with Crippen molar-refractivity contribution < 1.29 is 48.9 Å². The van der Waals surface area contributed by atoms with Crippen LogP contribution in [0.4, 0.5) is 4.79 Å². The van der Waals surface area contributed by atoms with E-state index in [2.05, 4.69) is 16.7 Å². The highest BCUT2D eigenvalue weighted by Crippen LogP contribution is 2.39. The molecule has 1 atom stereocenters. The van der Waals surface area contributed by atoms with Crippen LogP contribution in [-0.2, 0) is 11.2 Å². The number of aliphatic hydroxyl groups excluding tert-OH is 4. The van der Waals surface area contributed by atoms with Crippen LogP contribution in [0.1, 0.15) is 28.4 Å². The molecule has 4 N–H and O–H groups in total. The summed E-state index contributed by atoms with van der Waals surface area (Å²) in [6.45, 7) is 1.82. The van der Waals surface area contributed by atoms with Crippen molar-refractivity contribution in [2.24, 2.45) is 0 Å². The number of likely N-dealkylation sites (N-methyl/N-ethyl adjacent to an activating group) is 1. The molecule has 0 bridgehead atoms. The summed E-state index contributed by atoms with van der Waals surface area (Å²) in [5.74, 6) is 7.70. The van der Waals surface area contributed by atoms with Crippen molar-refractivity contribution in [1.82, 2.24) is 9.80 Å². The van der Waals surface area contributed by atoms with Gasteiger partial charge in [0.05, 0.1) is 26.4 Å². The average Bonchev–Trinajstić information content (AvgIpc) is 2.99. The Hall–Kier alpha value is -3.73. The summed E-state index contributed by atoms with van der Waals surface area (Å²) in [4.78, 5) is 17.2. The molecule has 1 fully saturated rings. The monoisotopic (exact) mass is 586 g/mol. The van der Waals surface area contributed by atoms with E-state index in [9.17, 15) is 25.2 Å². The van der Waals surface area contributed by atoms with Gasteiger partial charge >= 0.3 is 6.09 Å². The fourth-order valence-electron chi connectivity index (χ4n) is 4.65. The first-order valence-corrected chi connectivity index (χ1v) is 13.9. The van der Waals surface area contributed by atoms with Crippen molar-refractivity contribution in [2.75, 3.05) is 86.1 Å². The number of hydrogen-bond acceptors (Lipinski definition) is 11. The Morgan fingerprint density at radius 3 is 1.76 bits per heavy atom. The summed E-state index contributed by atoms with van der Waals surface area (Å²) in [5.41, 5.74) is 2.48. The number of fused-ring (bicyclic) bond motifs is 2. The molecule has 1 aliphatic heterocycles. The van der Waals surface area contributed by atoms with E-state index in [0.717, 1.165) is 18.7 Å². The van der Waals surface area contributed by atoms with Gasteiger partial charge in [-0.3, -0.25) is 0 Å². The fraction of sp³-hybridized carbons (Fsp3) is 0.500. The third-order valence-corrected chi connectivity index (χ3v) is 6.77. The molecule has 4 rings (SSSR count). The van der Waals surface area contributed by atoms with E-state index in [1.54, 1.807) is 29.2 Å². The Morgan fingerprint density at radius 2 is 1.21 bits per heavy atom. The van der Waals surface area contributed by atoms with Crippen molar-refractivity contribution in [1.29, 1.82) is 0 Å². The predicted octanol–water partition coefficient (Wildman–Crippen LogP) is 0.552. The van der Waals surface area contributed by atoms with Gasteiger partial charge in [-0.05, 0) is 30.8 Å². The molecule has 0 spiro atoms. The maximum Gasteiger partial charge on any atom is 0.410 e. The van der Waals surface area contributed by atoms with Crippen molar-refractivity contribution in [3.63, 3.8) is 0 Å². The maximum absolute atomic E-state index is 13.4. The minimum Gasteiger partial charge on any atom is -0.487 e. The highest BCUT2D eigenvalue weighted by molar-refractivity contribution is 5.69. The number of nitrogens with zero attached hydrogens (tertiary/aromatic N) is 2. The van der Waals surface area contributed by atoms with Crippen LogP contribution in [0.25, 0.3) is 0 Å². The van der Waals surface area contributed by atoms with Gasteiger partial charge in [0.1, 0.15) is 32.5 Å². The minimum absolute atomic E-state index is 0.0106. The van der Waals surface area contributed by atoms with Crippen molar-refractivity contribution in [3.8, 4) is 34.8 Å². The zero-order valence-corrected chi connectivity index (χ0v) is 23.7. The quantitative estimate of drug-likeness (QED) is 0.244. The smallest absolute Gasteiger partial charge is 0.410 e. The Morgan fingerprint density at radius 1 is 0.738 bits per heavy atom. The third-order valence-electron chi connectivity index (χ3n) is 6.77. The molecule has 1 saturated heterocycles. The highest BCUT2D eigenvalue weighted by Gasteiger charge is 2.29. The summed E-state index contributed by atoms with van der Waals surface area (Å²) in [6.07, 6.45) is -0.992. The lowest BCUT2D eigenvalue weighted by Gasteiger charge is -2.33. The second-order valence-corrected chi connectivity index (χ2v) is 9.75. The first-order valence-electron chi connectivity index (χ1n) is 13.9. The molecule has 1 amide bonds. The molecular formula is C30H38N2O10. The highest BCUT2D eigenvalue weighted by atomic mass is 16.6. The molecule has 2 aromatic carbocycles. The van der Waals surface area contributed by atoms with Crippen LogP contribution >= 0.6 is 0 Å². The fourth-order valence-corrected chi connectivity index (χ4v) is 4.65. The Bertz CT molecular complexity index is 1270. The molecule has 12 heteroatoms. The summed E-state index contributed by atoms with van der Waals surface area (Å²) in [7, 11) is 2.00. The van der Waals surface area contributed by atoms with Crippen LogP contribution in [0.3, 0.4) is 0 Å². The molecule has 0 saturated carbocycles. The molecule has 42 heavy (non-hydrogen) atoms. The van der Waals surface area contributed by atoms with Crippen LogP contribution in [0, 0.1) is 11.8 Å². The van der Waals surface area contributed by atoms with Crippen LogP contribution < -0.4 is 18.9 Å². The Balaban J connectivity index is 1.79.